The van der Waals surface area contributed by atoms with E-state index in [0.29, 0.717) is 0 Å². The molecular weight excluding hydrogens is 294 g/mol. The van der Waals surface area contributed by atoms with Crippen molar-refractivity contribution in [3.8, 4) is 0 Å². The molecule has 19 heavy (non-hydrogen) atoms. The molecule has 0 aliphatic carbocycles. The first-order chi connectivity index (χ1) is 8.97. The van der Waals surface area contributed by atoms with Gasteiger partial charge in [0.15, 0.2) is 0 Å². The fourth-order valence-corrected chi connectivity index (χ4v) is 1.73. The van der Waals surface area contributed by atoms with Gasteiger partial charge in [-0.1, -0.05) is 23.2 Å². The normalized spacial score (nSPS) is 10.3. The number of carbonyl (C=O) groups excluding carboxylic acids is 1. The van der Waals surface area contributed by atoms with E-state index in [9.17, 15) is 14.0 Å². The van der Waals surface area contributed by atoms with Crippen LogP contribution in [0, 0.1) is 5.82 Å². The quantitative estimate of drug-likeness (QED) is 0.837. The van der Waals surface area contributed by atoms with E-state index in [-0.39, 0.29) is 26.9 Å². The number of anilines is 1. The number of nitrogens with one attached hydrogen (secondary N) is 2. The summed E-state index contributed by atoms with van der Waals surface area (Å²) in [7, 11) is 0. The Morgan fingerprint density at radius 2 is 1.89 bits per heavy atom. The summed E-state index contributed by atoms with van der Waals surface area (Å²) in [6.07, 6.45) is 1.36. The van der Waals surface area contributed by atoms with Crippen LogP contribution in [-0.4, -0.2) is 10.9 Å². The predicted molar refractivity (Wildman–Crippen MR) is 71.4 cm³/mol. The van der Waals surface area contributed by atoms with Crippen LogP contribution in [0.25, 0.3) is 0 Å². The second-order valence-electron chi connectivity index (χ2n) is 3.64. The molecule has 1 aromatic heterocycles. The topological polar surface area (TPSA) is 62.0 Å². The summed E-state index contributed by atoms with van der Waals surface area (Å²) in [4.78, 5) is 25.3. The molecule has 1 aromatic carbocycles. The molecule has 0 spiro atoms. The smallest absolute Gasteiger partial charge is 0.258 e. The van der Waals surface area contributed by atoms with Crippen LogP contribution in [0.15, 0.2) is 35.3 Å². The van der Waals surface area contributed by atoms with E-state index < -0.39 is 11.7 Å². The third-order valence-electron chi connectivity index (χ3n) is 2.29. The van der Waals surface area contributed by atoms with Crippen LogP contribution in [-0.2, 0) is 0 Å². The second-order valence-corrected chi connectivity index (χ2v) is 4.46. The minimum atomic E-state index is -0.795. The zero-order valence-corrected chi connectivity index (χ0v) is 10.8. The Kier molecular flexibility index (Phi) is 3.87. The first-order valence-corrected chi connectivity index (χ1v) is 5.87. The lowest BCUT2D eigenvalue weighted by Gasteiger charge is -2.06. The molecule has 0 atom stereocenters. The van der Waals surface area contributed by atoms with Crippen molar-refractivity contribution in [2.75, 3.05) is 5.32 Å². The second kappa shape index (κ2) is 5.42. The molecule has 2 aromatic rings. The van der Waals surface area contributed by atoms with Crippen molar-refractivity contribution in [1.82, 2.24) is 4.98 Å². The highest BCUT2D eigenvalue weighted by Gasteiger charge is 2.15. The Morgan fingerprint density at radius 3 is 2.58 bits per heavy atom. The van der Waals surface area contributed by atoms with Crippen molar-refractivity contribution in [2.45, 2.75) is 0 Å². The van der Waals surface area contributed by atoms with E-state index in [1.807, 2.05) is 0 Å². The summed E-state index contributed by atoms with van der Waals surface area (Å²) in [5.74, 6) is -1.52. The highest BCUT2D eigenvalue weighted by atomic mass is 35.5. The zero-order chi connectivity index (χ0) is 14.0. The van der Waals surface area contributed by atoms with Crippen molar-refractivity contribution in [3.63, 3.8) is 0 Å². The van der Waals surface area contributed by atoms with Crippen LogP contribution in [0.3, 0.4) is 0 Å². The molecule has 0 fully saturated rings. The number of amides is 1. The van der Waals surface area contributed by atoms with Gasteiger partial charge in [0.05, 0.1) is 15.6 Å². The standard InChI is InChI=1S/C12H7Cl2FN2O2/c13-8-4-7(10(15)5-9(8)14)12(19)17-6-1-2-16-11(18)3-6/h1-5H,(H2,16,17,18,19). The van der Waals surface area contributed by atoms with Crippen molar-refractivity contribution < 1.29 is 9.18 Å². The average molecular weight is 301 g/mol. The van der Waals surface area contributed by atoms with Gasteiger partial charge < -0.3 is 10.3 Å². The van der Waals surface area contributed by atoms with Crippen molar-refractivity contribution in [2.24, 2.45) is 0 Å². The number of rotatable bonds is 2. The fraction of sp³-hybridized carbons (Fsp3) is 0. The van der Waals surface area contributed by atoms with Crippen LogP contribution in [0.5, 0.6) is 0 Å². The summed E-state index contributed by atoms with van der Waals surface area (Å²) in [5.41, 5.74) is -0.388. The lowest BCUT2D eigenvalue weighted by Crippen LogP contribution is -2.15. The summed E-state index contributed by atoms with van der Waals surface area (Å²) in [5, 5.41) is 2.47. The maximum atomic E-state index is 13.6. The van der Waals surface area contributed by atoms with Gasteiger partial charge in [-0.15, -0.1) is 0 Å². The molecule has 2 rings (SSSR count). The first-order valence-electron chi connectivity index (χ1n) is 5.12. The number of hydrogen-bond donors (Lipinski definition) is 2. The lowest BCUT2D eigenvalue weighted by atomic mass is 10.2. The molecule has 0 bridgehead atoms. The molecule has 0 radical (unpaired) electrons. The van der Waals surface area contributed by atoms with Crippen molar-refractivity contribution in [1.29, 1.82) is 0 Å². The average Bonchev–Trinajstić information content (AvgIpc) is 2.33. The van der Waals surface area contributed by atoms with Gasteiger partial charge in [0.2, 0.25) is 5.56 Å². The van der Waals surface area contributed by atoms with Gasteiger partial charge >= 0.3 is 0 Å². The number of hydrogen-bond acceptors (Lipinski definition) is 2. The predicted octanol–water partition coefficient (Wildman–Crippen LogP) is 3.07. The van der Waals surface area contributed by atoms with Gasteiger partial charge in [-0.3, -0.25) is 9.59 Å². The SMILES string of the molecule is O=C(Nc1cc[nH]c(=O)c1)c1cc(Cl)c(Cl)cc1F. The molecule has 0 saturated heterocycles. The summed E-state index contributed by atoms with van der Waals surface area (Å²) >= 11 is 11.3. The molecule has 98 valence electrons. The van der Waals surface area contributed by atoms with Gasteiger partial charge in [-0.2, -0.15) is 0 Å². The molecular formula is C12H7Cl2FN2O2. The number of aromatic amines is 1. The Morgan fingerprint density at radius 1 is 1.21 bits per heavy atom. The van der Waals surface area contributed by atoms with Crippen molar-refractivity contribution >= 4 is 34.8 Å². The van der Waals surface area contributed by atoms with E-state index in [1.165, 1.54) is 18.3 Å². The third kappa shape index (κ3) is 3.13. The van der Waals surface area contributed by atoms with Crippen LogP contribution < -0.4 is 10.9 Å². The van der Waals surface area contributed by atoms with Crippen LogP contribution in [0.2, 0.25) is 10.0 Å². The highest BCUT2D eigenvalue weighted by Crippen LogP contribution is 2.25. The molecule has 2 N–H and O–H groups in total. The van der Waals surface area contributed by atoms with Gasteiger partial charge in [0.25, 0.3) is 5.91 Å². The first kappa shape index (κ1) is 13.6. The largest absolute Gasteiger partial charge is 0.329 e. The van der Waals surface area contributed by atoms with Crippen LogP contribution in [0.1, 0.15) is 10.4 Å². The minimum absolute atomic E-state index is 0.0203. The Labute approximate surface area is 117 Å². The highest BCUT2D eigenvalue weighted by molar-refractivity contribution is 6.42. The van der Waals surface area contributed by atoms with Crippen LogP contribution in [0.4, 0.5) is 10.1 Å². The maximum absolute atomic E-state index is 13.6. The van der Waals surface area contributed by atoms with Crippen molar-refractivity contribution in [3.05, 3.63) is 62.2 Å². The van der Waals surface area contributed by atoms with E-state index >= 15 is 0 Å². The molecule has 0 aliphatic heterocycles. The molecule has 7 heteroatoms. The Balaban J connectivity index is 2.30. The number of aromatic nitrogens is 1. The fourth-order valence-electron chi connectivity index (χ4n) is 1.42. The number of pyridine rings is 1. The third-order valence-corrected chi connectivity index (χ3v) is 3.01. The lowest BCUT2D eigenvalue weighted by molar-refractivity contribution is 0.102. The van der Waals surface area contributed by atoms with E-state index in [0.717, 1.165) is 12.1 Å². The van der Waals surface area contributed by atoms with Gasteiger partial charge in [-0.05, 0) is 18.2 Å². The van der Waals surface area contributed by atoms with E-state index in [4.69, 9.17) is 23.2 Å². The number of halogens is 3. The van der Waals surface area contributed by atoms with Crippen LogP contribution >= 0.6 is 23.2 Å². The summed E-state index contributed by atoms with van der Waals surface area (Å²) in [6, 6.07) is 4.72. The maximum Gasteiger partial charge on any atom is 0.258 e. The van der Waals surface area contributed by atoms with E-state index in [1.54, 1.807) is 0 Å². The number of benzene rings is 1. The monoisotopic (exact) mass is 300 g/mol. The molecule has 1 amide bonds. The number of carbonyl (C=O) groups is 1. The summed E-state index contributed by atoms with van der Waals surface area (Å²) in [6.45, 7) is 0. The van der Waals surface area contributed by atoms with E-state index in [2.05, 4.69) is 10.3 Å². The summed E-state index contributed by atoms with van der Waals surface area (Å²) < 4.78 is 13.6. The molecule has 1 heterocycles. The minimum Gasteiger partial charge on any atom is -0.329 e. The zero-order valence-electron chi connectivity index (χ0n) is 9.34. The Bertz CT molecular complexity index is 700. The molecule has 0 aliphatic rings. The van der Waals surface area contributed by atoms with Gasteiger partial charge in [0.1, 0.15) is 5.82 Å². The molecule has 4 nitrogen and oxygen atoms in total. The van der Waals surface area contributed by atoms with Gasteiger partial charge in [0, 0.05) is 18.0 Å². The van der Waals surface area contributed by atoms with Gasteiger partial charge in [-0.25, -0.2) is 4.39 Å². The Hall–Kier alpha value is -1.85. The molecule has 0 saturated carbocycles. The number of H-pyrrole nitrogens is 1. The molecule has 0 unspecified atom stereocenters.